The van der Waals surface area contributed by atoms with Crippen LogP contribution in [0.2, 0.25) is 0 Å². The van der Waals surface area contributed by atoms with Gasteiger partial charge in [0.25, 0.3) is 0 Å². The number of hydrogen-bond acceptors (Lipinski definition) is 5. The van der Waals surface area contributed by atoms with E-state index in [2.05, 4.69) is 7.05 Å². The van der Waals surface area contributed by atoms with Crippen LogP contribution in [0.5, 0.6) is 23.0 Å². The summed E-state index contributed by atoms with van der Waals surface area (Å²) < 4.78 is 21.8. The summed E-state index contributed by atoms with van der Waals surface area (Å²) in [5.74, 6) is 2.52. The number of quaternary nitrogens is 1. The lowest BCUT2D eigenvalue weighted by molar-refractivity contribution is -0.870. The number of likely N-dealkylation sites (tertiary alicyclic amines) is 1. The first-order valence-corrected chi connectivity index (χ1v) is 9.71. The van der Waals surface area contributed by atoms with Gasteiger partial charge in [0.2, 0.25) is 0 Å². The molecule has 1 atom stereocenters. The molecule has 0 amide bonds. The smallest absolute Gasteiger partial charge is 0.196 e. The summed E-state index contributed by atoms with van der Waals surface area (Å²) >= 11 is 0. The largest absolute Gasteiger partial charge is 0.493 e. The van der Waals surface area contributed by atoms with Gasteiger partial charge in [-0.25, -0.2) is 0 Å². The lowest BCUT2D eigenvalue weighted by Crippen LogP contribution is -3.10. The zero-order chi connectivity index (χ0) is 21.7. The van der Waals surface area contributed by atoms with Crippen molar-refractivity contribution in [3.8, 4) is 23.0 Å². The van der Waals surface area contributed by atoms with E-state index in [-0.39, 0.29) is 5.78 Å². The standard InChI is InChI=1S/C24H27NO5/c1-25-14-18(12-16-8-6-10-20(27-2)23(16)29-4)22(26)19(15-25)13-17-9-7-11-21(28-3)24(17)30-5/h6-13H,14-15H2,1-5H3/p+1/b18-12-,19-13+. The Hall–Kier alpha value is -3.25. The van der Waals surface area contributed by atoms with Crippen LogP contribution in [-0.2, 0) is 4.79 Å². The molecular formula is C24H28NO5+. The maximum atomic E-state index is 13.3. The SMILES string of the molecule is COc1cccc(/C=C2/C[NH+](C)C/C(=C\c3cccc(OC)c3OC)C2=O)c1OC. The van der Waals surface area contributed by atoms with E-state index in [0.717, 1.165) is 22.3 Å². The van der Waals surface area contributed by atoms with Gasteiger partial charge in [0.15, 0.2) is 28.8 Å². The number of rotatable bonds is 6. The van der Waals surface area contributed by atoms with Crippen molar-refractivity contribution in [2.75, 3.05) is 48.6 Å². The molecule has 158 valence electrons. The van der Waals surface area contributed by atoms with Gasteiger partial charge in [0, 0.05) is 11.1 Å². The Balaban J connectivity index is 2.03. The van der Waals surface area contributed by atoms with E-state index in [1.165, 1.54) is 4.90 Å². The highest BCUT2D eigenvalue weighted by Crippen LogP contribution is 2.34. The fraction of sp³-hybridized carbons (Fsp3) is 0.292. The summed E-state index contributed by atoms with van der Waals surface area (Å²) in [6.07, 6.45) is 3.78. The number of benzene rings is 2. The van der Waals surface area contributed by atoms with Crippen molar-refractivity contribution in [2.24, 2.45) is 0 Å². The van der Waals surface area contributed by atoms with Crippen LogP contribution in [0.25, 0.3) is 12.2 Å². The summed E-state index contributed by atoms with van der Waals surface area (Å²) in [4.78, 5) is 14.5. The molecule has 1 saturated heterocycles. The van der Waals surface area contributed by atoms with E-state index in [0.29, 0.717) is 36.1 Å². The third-order valence-corrected chi connectivity index (χ3v) is 5.09. The molecule has 1 N–H and O–H groups in total. The fourth-order valence-corrected chi connectivity index (χ4v) is 3.74. The van der Waals surface area contributed by atoms with Crippen LogP contribution >= 0.6 is 0 Å². The Bertz CT molecular complexity index is 916. The van der Waals surface area contributed by atoms with Crippen LogP contribution < -0.4 is 23.8 Å². The summed E-state index contributed by atoms with van der Waals surface area (Å²) in [5.41, 5.74) is 3.07. The molecule has 2 aromatic rings. The summed E-state index contributed by atoms with van der Waals surface area (Å²) in [7, 11) is 8.46. The molecule has 2 aromatic carbocycles. The molecule has 1 fully saturated rings. The normalized spacial score (nSPS) is 19.1. The lowest BCUT2D eigenvalue weighted by atomic mass is 9.94. The number of Topliss-reactive ketones (excluding diaryl/α,β-unsaturated/α-hetero) is 1. The van der Waals surface area contributed by atoms with E-state index < -0.39 is 0 Å². The molecular weight excluding hydrogens is 382 g/mol. The highest BCUT2D eigenvalue weighted by atomic mass is 16.5. The summed E-state index contributed by atoms with van der Waals surface area (Å²) in [6, 6.07) is 11.3. The molecule has 0 radical (unpaired) electrons. The Morgan fingerprint density at radius 3 is 1.53 bits per heavy atom. The molecule has 0 aliphatic carbocycles. The van der Waals surface area contributed by atoms with Crippen molar-refractivity contribution in [3.63, 3.8) is 0 Å². The van der Waals surface area contributed by atoms with Crippen molar-refractivity contribution in [2.45, 2.75) is 0 Å². The minimum atomic E-state index is 0.0235. The van der Waals surface area contributed by atoms with Crippen molar-refractivity contribution in [1.29, 1.82) is 0 Å². The van der Waals surface area contributed by atoms with Crippen molar-refractivity contribution < 1.29 is 28.6 Å². The third kappa shape index (κ3) is 4.33. The van der Waals surface area contributed by atoms with Crippen LogP contribution in [0.15, 0.2) is 47.5 Å². The number of hydrogen-bond donors (Lipinski definition) is 1. The van der Waals surface area contributed by atoms with Gasteiger partial charge in [0.1, 0.15) is 13.1 Å². The maximum Gasteiger partial charge on any atom is 0.196 e. The molecule has 6 nitrogen and oxygen atoms in total. The molecule has 0 aromatic heterocycles. The van der Waals surface area contributed by atoms with Crippen molar-refractivity contribution in [1.82, 2.24) is 0 Å². The Kier molecular flexibility index (Phi) is 6.79. The number of likely N-dealkylation sites (N-methyl/N-ethyl adjacent to an activating group) is 1. The summed E-state index contributed by atoms with van der Waals surface area (Å²) in [6.45, 7) is 1.26. The number of carbonyl (C=O) groups excluding carboxylic acids is 1. The highest BCUT2D eigenvalue weighted by molar-refractivity contribution is 6.14. The van der Waals surface area contributed by atoms with Crippen molar-refractivity contribution in [3.05, 3.63) is 58.7 Å². The van der Waals surface area contributed by atoms with Crippen LogP contribution in [0, 0.1) is 0 Å². The van der Waals surface area contributed by atoms with Crippen LogP contribution in [0.3, 0.4) is 0 Å². The molecule has 1 unspecified atom stereocenters. The van der Waals surface area contributed by atoms with Crippen molar-refractivity contribution >= 4 is 17.9 Å². The minimum Gasteiger partial charge on any atom is -0.493 e. The van der Waals surface area contributed by atoms with Crippen LogP contribution in [0.4, 0.5) is 0 Å². The number of para-hydroxylation sites is 2. The first-order chi connectivity index (χ1) is 14.5. The average Bonchev–Trinajstić information content (AvgIpc) is 2.76. The zero-order valence-electron chi connectivity index (χ0n) is 18.1. The maximum absolute atomic E-state index is 13.3. The molecule has 3 rings (SSSR count). The topological polar surface area (TPSA) is 58.4 Å². The fourth-order valence-electron chi connectivity index (χ4n) is 3.74. The second-order valence-electron chi connectivity index (χ2n) is 7.14. The lowest BCUT2D eigenvalue weighted by Gasteiger charge is -2.24. The van der Waals surface area contributed by atoms with Gasteiger partial charge in [0.05, 0.1) is 46.6 Å². The van der Waals surface area contributed by atoms with Gasteiger partial charge in [-0.15, -0.1) is 0 Å². The summed E-state index contributed by atoms with van der Waals surface area (Å²) in [5, 5.41) is 0. The van der Waals surface area contributed by atoms with E-state index in [9.17, 15) is 4.79 Å². The van der Waals surface area contributed by atoms with Crippen LogP contribution in [0.1, 0.15) is 11.1 Å². The average molecular weight is 410 g/mol. The zero-order valence-corrected chi connectivity index (χ0v) is 18.1. The first kappa shape index (κ1) is 21.5. The van der Waals surface area contributed by atoms with E-state index in [1.54, 1.807) is 28.4 Å². The number of ether oxygens (including phenoxy) is 4. The molecule has 1 aliphatic rings. The number of carbonyl (C=O) groups is 1. The number of nitrogens with one attached hydrogen (secondary N) is 1. The van der Waals surface area contributed by atoms with Gasteiger partial charge < -0.3 is 23.8 Å². The van der Waals surface area contributed by atoms with Gasteiger partial charge >= 0.3 is 0 Å². The van der Waals surface area contributed by atoms with E-state index in [1.807, 2.05) is 48.6 Å². The molecule has 30 heavy (non-hydrogen) atoms. The second kappa shape index (κ2) is 9.50. The van der Waals surface area contributed by atoms with E-state index >= 15 is 0 Å². The molecule has 0 saturated carbocycles. The molecule has 6 heteroatoms. The highest BCUT2D eigenvalue weighted by Gasteiger charge is 2.28. The number of piperidine rings is 1. The van der Waals surface area contributed by atoms with Gasteiger partial charge in [-0.3, -0.25) is 4.79 Å². The number of methoxy groups -OCH3 is 4. The Morgan fingerprint density at radius 2 is 1.17 bits per heavy atom. The first-order valence-electron chi connectivity index (χ1n) is 9.71. The molecule has 1 aliphatic heterocycles. The predicted octanol–water partition coefficient (Wildman–Crippen LogP) is 2.29. The van der Waals surface area contributed by atoms with Gasteiger partial charge in [-0.2, -0.15) is 0 Å². The van der Waals surface area contributed by atoms with Crippen LogP contribution in [-0.4, -0.2) is 54.4 Å². The quantitative estimate of drug-likeness (QED) is 0.741. The molecule has 0 bridgehead atoms. The van der Waals surface area contributed by atoms with Gasteiger partial charge in [-0.1, -0.05) is 24.3 Å². The third-order valence-electron chi connectivity index (χ3n) is 5.09. The second-order valence-corrected chi connectivity index (χ2v) is 7.14. The predicted molar refractivity (Wildman–Crippen MR) is 117 cm³/mol. The number of ketones is 1. The molecule has 1 heterocycles. The monoisotopic (exact) mass is 410 g/mol. The minimum absolute atomic E-state index is 0.0235. The Morgan fingerprint density at radius 1 is 0.733 bits per heavy atom. The molecule has 0 spiro atoms. The Labute approximate surface area is 177 Å². The van der Waals surface area contributed by atoms with E-state index in [4.69, 9.17) is 18.9 Å². The van der Waals surface area contributed by atoms with Gasteiger partial charge in [-0.05, 0) is 24.3 Å².